The molecule has 3 heteroatoms. The van der Waals surface area contributed by atoms with Crippen molar-refractivity contribution in [2.24, 2.45) is 0 Å². The van der Waals surface area contributed by atoms with E-state index in [0.29, 0.717) is 11.5 Å². The SMILES string of the molecule is CCC(C)c1ccc(C(=O)OC(C)c2ccc3ccccc3c2Br)cc1. The van der Waals surface area contributed by atoms with Gasteiger partial charge in [-0.3, -0.25) is 0 Å². The van der Waals surface area contributed by atoms with E-state index < -0.39 is 0 Å². The largest absolute Gasteiger partial charge is 0.454 e. The first-order chi connectivity index (χ1) is 12.5. The van der Waals surface area contributed by atoms with Gasteiger partial charge in [0.1, 0.15) is 6.10 Å². The van der Waals surface area contributed by atoms with E-state index in [1.165, 1.54) is 5.56 Å². The second kappa shape index (κ2) is 8.05. The minimum absolute atomic E-state index is 0.298. The Labute approximate surface area is 163 Å². The van der Waals surface area contributed by atoms with Crippen molar-refractivity contribution in [2.45, 2.75) is 39.2 Å². The van der Waals surface area contributed by atoms with Gasteiger partial charge in [0, 0.05) is 10.0 Å². The average Bonchev–Trinajstić information content (AvgIpc) is 2.67. The molecule has 0 aromatic heterocycles. The van der Waals surface area contributed by atoms with E-state index in [1.807, 2.05) is 49.4 Å². The molecule has 0 saturated carbocycles. The van der Waals surface area contributed by atoms with E-state index in [9.17, 15) is 4.79 Å². The second-order valence-corrected chi connectivity index (χ2v) is 7.46. The Balaban J connectivity index is 1.78. The van der Waals surface area contributed by atoms with Crippen LogP contribution >= 0.6 is 15.9 Å². The Bertz CT molecular complexity index is 915. The summed E-state index contributed by atoms with van der Waals surface area (Å²) in [7, 11) is 0. The lowest BCUT2D eigenvalue weighted by Gasteiger charge is -2.17. The number of benzene rings is 3. The number of fused-ring (bicyclic) bond motifs is 1. The molecule has 0 aliphatic rings. The third-order valence-corrected chi connectivity index (χ3v) is 5.83. The van der Waals surface area contributed by atoms with Crippen LogP contribution in [-0.4, -0.2) is 5.97 Å². The number of hydrogen-bond acceptors (Lipinski definition) is 2. The molecule has 0 heterocycles. The van der Waals surface area contributed by atoms with Crippen LogP contribution in [-0.2, 0) is 4.74 Å². The van der Waals surface area contributed by atoms with Crippen LogP contribution in [0.25, 0.3) is 10.8 Å². The molecule has 0 radical (unpaired) electrons. The molecule has 0 N–H and O–H groups in total. The van der Waals surface area contributed by atoms with E-state index in [1.54, 1.807) is 0 Å². The van der Waals surface area contributed by atoms with Crippen molar-refractivity contribution in [1.82, 2.24) is 0 Å². The third kappa shape index (κ3) is 3.83. The molecule has 3 aromatic carbocycles. The summed E-state index contributed by atoms with van der Waals surface area (Å²) in [6.07, 6.45) is 0.743. The lowest BCUT2D eigenvalue weighted by atomic mass is 9.98. The molecule has 0 aliphatic heterocycles. The minimum atomic E-state index is -0.337. The molecule has 26 heavy (non-hydrogen) atoms. The molecule has 3 aromatic rings. The summed E-state index contributed by atoms with van der Waals surface area (Å²) in [5.74, 6) is 0.195. The van der Waals surface area contributed by atoms with Crippen LogP contribution in [0, 0.1) is 0 Å². The standard InChI is InChI=1S/C23H23BrO2/c1-4-15(2)17-9-11-19(12-10-17)23(25)26-16(3)20-14-13-18-7-5-6-8-21(18)22(20)24/h5-16H,4H2,1-3H3. The van der Waals surface area contributed by atoms with Gasteiger partial charge >= 0.3 is 5.97 Å². The van der Waals surface area contributed by atoms with Crippen LogP contribution < -0.4 is 0 Å². The molecule has 0 spiro atoms. The molecule has 2 unspecified atom stereocenters. The quantitative estimate of drug-likeness (QED) is 0.421. The molecule has 0 saturated heterocycles. The lowest BCUT2D eigenvalue weighted by Crippen LogP contribution is -2.10. The van der Waals surface area contributed by atoms with Gasteiger partial charge in [0.15, 0.2) is 0 Å². The predicted octanol–water partition coefficient (Wildman–Crippen LogP) is 7.03. The maximum atomic E-state index is 12.5. The average molecular weight is 411 g/mol. The number of halogens is 1. The maximum Gasteiger partial charge on any atom is 0.338 e. The summed E-state index contributed by atoms with van der Waals surface area (Å²) in [5.41, 5.74) is 2.79. The second-order valence-electron chi connectivity index (χ2n) is 6.67. The molecular weight excluding hydrogens is 388 g/mol. The predicted molar refractivity (Wildman–Crippen MR) is 111 cm³/mol. The third-order valence-electron chi connectivity index (χ3n) is 4.94. The monoisotopic (exact) mass is 410 g/mol. The van der Waals surface area contributed by atoms with Gasteiger partial charge in [-0.25, -0.2) is 4.79 Å². The van der Waals surface area contributed by atoms with Crippen LogP contribution in [0.5, 0.6) is 0 Å². The highest BCUT2D eigenvalue weighted by atomic mass is 79.9. The Morgan fingerprint density at radius 2 is 1.69 bits per heavy atom. The van der Waals surface area contributed by atoms with Gasteiger partial charge < -0.3 is 4.74 Å². The number of carbonyl (C=O) groups excluding carboxylic acids is 1. The van der Waals surface area contributed by atoms with E-state index in [4.69, 9.17) is 4.74 Å². The highest BCUT2D eigenvalue weighted by Gasteiger charge is 2.17. The fourth-order valence-electron chi connectivity index (χ4n) is 3.04. The van der Waals surface area contributed by atoms with Gasteiger partial charge in [-0.1, -0.05) is 62.4 Å². The Kier molecular flexibility index (Phi) is 5.77. The molecule has 0 bridgehead atoms. The molecule has 2 atom stereocenters. The normalized spacial score (nSPS) is 13.4. The van der Waals surface area contributed by atoms with E-state index in [0.717, 1.165) is 27.2 Å². The fraction of sp³-hybridized carbons (Fsp3) is 0.261. The molecule has 0 amide bonds. The number of rotatable bonds is 5. The summed E-state index contributed by atoms with van der Waals surface area (Å²) in [6.45, 7) is 6.25. The van der Waals surface area contributed by atoms with Crippen molar-refractivity contribution in [1.29, 1.82) is 0 Å². The smallest absolute Gasteiger partial charge is 0.338 e. The molecule has 2 nitrogen and oxygen atoms in total. The number of ether oxygens (including phenoxy) is 1. The highest BCUT2D eigenvalue weighted by molar-refractivity contribution is 9.10. The number of carbonyl (C=O) groups is 1. The van der Waals surface area contributed by atoms with Gasteiger partial charge in [0.25, 0.3) is 0 Å². The molecule has 0 aliphatic carbocycles. The summed E-state index contributed by atoms with van der Waals surface area (Å²) >= 11 is 3.67. The zero-order valence-corrected chi connectivity index (χ0v) is 16.9. The van der Waals surface area contributed by atoms with Crippen LogP contribution in [0.3, 0.4) is 0 Å². The number of esters is 1. The van der Waals surface area contributed by atoms with Crippen LogP contribution in [0.1, 0.15) is 60.7 Å². The Morgan fingerprint density at radius 3 is 2.38 bits per heavy atom. The lowest BCUT2D eigenvalue weighted by molar-refractivity contribution is 0.0337. The highest BCUT2D eigenvalue weighted by Crippen LogP contribution is 2.33. The molecule has 134 valence electrons. The zero-order chi connectivity index (χ0) is 18.7. The Morgan fingerprint density at radius 1 is 1.00 bits per heavy atom. The van der Waals surface area contributed by atoms with Gasteiger partial charge in [-0.15, -0.1) is 0 Å². The molecule has 3 rings (SSSR count). The minimum Gasteiger partial charge on any atom is -0.454 e. The van der Waals surface area contributed by atoms with Gasteiger partial charge in [0.05, 0.1) is 5.56 Å². The van der Waals surface area contributed by atoms with Crippen molar-refractivity contribution < 1.29 is 9.53 Å². The van der Waals surface area contributed by atoms with E-state index >= 15 is 0 Å². The van der Waals surface area contributed by atoms with Crippen LogP contribution in [0.15, 0.2) is 65.1 Å². The van der Waals surface area contributed by atoms with Crippen molar-refractivity contribution in [3.8, 4) is 0 Å². The fourth-order valence-corrected chi connectivity index (χ4v) is 3.86. The van der Waals surface area contributed by atoms with Crippen LogP contribution in [0.2, 0.25) is 0 Å². The molecular formula is C23H23BrO2. The van der Waals surface area contributed by atoms with Gasteiger partial charge in [-0.2, -0.15) is 0 Å². The van der Waals surface area contributed by atoms with Crippen molar-refractivity contribution in [3.05, 3.63) is 81.8 Å². The van der Waals surface area contributed by atoms with Crippen molar-refractivity contribution >= 4 is 32.7 Å². The van der Waals surface area contributed by atoms with Crippen molar-refractivity contribution in [2.75, 3.05) is 0 Å². The van der Waals surface area contributed by atoms with Crippen LogP contribution in [0.4, 0.5) is 0 Å². The molecule has 0 fully saturated rings. The summed E-state index contributed by atoms with van der Waals surface area (Å²) in [4.78, 5) is 12.5. The first kappa shape index (κ1) is 18.7. The first-order valence-electron chi connectivity index (χ1n) is 8.99. The zero-order valence-electron chi connectivity index (χ0n) is 15.3. The van der Waals surface area contributed by atoms with Gasteiger partial charge in [-0.05, 0) is 63.7 Å². The number of hydrogen-bond donors (Lipinski definition) is 0. The van der Waals surface area contributed by atoms with Gasteiger partial charge in [0.2, 0.25) is 0 Å². The summed E-state index contributed by atoms with van der Waals surface area (Å²) in [5, 5.41) is 2.27. The maximum absolute atomic E-state index is 12.5. The summed E-state index contributed by atoms with van der Waals surface area (Å²) < 4.78 is 6.68. The topological polar surface area (TPSA) is 26.3 Å². The van der Waals surface area contributed by atoms with Crippen molar-refractivity contribution in [3.63, 3.8) is 0 Å². The Hall–Kier alpha value is -2.13. The summed E-state index contributed by atoms with van der Waals surface area (Å²) in [6, 6.07) is 20.0. The first-order valence-corrected chi connectivity index (χ1v) is 9.78. The van der Waals surface area contributed by atoms with E-state index in [2.05, 4.69) is 48.0 Å². The van der Waals surface area contributed by atoms with E-state index in [-0.39, 0.29) is 12.1 Å².